The predicted octanol–water partition coefficient (Wildman–Crippen LogP) is 3.56. The van der Waals surface area contributed by atoms with Crippen LogP contribution in [0.4, 0.5) is 9.39 Å². The number of nitrogens with one attached hydrogen (secondary N) is 1. The summed E-state index contributed by atoms with van der Waals surface area (Å²) in [5.41, 5.74) is 0.702. The van der Waals surface area contributed by atoms with Gasteiger partial charge in [-0.2, -0.15) is 0 Å². The molecule has 1 aromatic carbocycles. The van der Waals surface area contributed by atoms with Crippen molar-refractivity contribution in [3.8, 4) is 0 Å². The van der Waals surface area contributed by atoms with E-state index in [4.69, 9.17) is 4.74 Å². The summed E-state index contributed by atoms with van der Waals surface area (Å²) < 4.78 is 42.2. The fourth-order valence-corrected chi connectivity index (χ4v) is 4.62. The van der Waals surface area contributed by atoms with E-state index in [0.717, 1.165) is 23.5 Å². The fraction of sp³-hybridized carbons (Fsp3) is 0.333. The Morgan fingerprint density at radius 1 is 1.22 bits per heavy atom. The molecule has 0 atom stereocenters. The smallest absolute Gasteiger partial charge is 0.348 e. The normalized spacial score (nSPS) is 11.2. The maximum absolute atomic E-state index is 12.9. The molecule has 1 heterocycles. The predicted molar refractivity (Wildman–Crippen MR) is 101 cm³/mol. The molecule has 146 valence electrons. The van der Waals surface area contributed by atoms with E-state index in [1.54, 1.807) is 19.9 Å². The topological polar surface area (TPSA) is 89.5 Å². The lowest BCUT2D eigenvalue weighted by Gasteiger charge is -2.05. The van der Waals surface area contributed by atoms with E-state index in [1.807, 2.05) is 0 Å². The van der Waals surface area contributed by atoms with Crippen LogP contribution in [0, 0.1) is 12.7 Å². The minimum absolute atomic E-state index is 0.00606. The molecule has 9 heteroatoms. The standard InChI is InChI=1S/C18H20FNO5S2/c1-3-25-18(22)17-12(2)11-16(26-17)20-15(21)5-4-10-27(23,24)14-8-6-13(19)7-9-14/h6-9,11H,3-5,10H2,1-2H3,(H,20,21). The van der Waals surface area contributed by atoms with Crippen molar-refractivity contribution in [2.75, 3.05) is 17.7 Å². The van der Waals surface area contributed by atoms with Crippen molar-refractivity contribution in [1.82, 2.24) is 0 Å². The fourth-order valence-electron chi connectivity index (χ4n) is 2.33. The molecule has 0 fully saturated rings. The number of halogens is 1. The van der Waals surface area contributed by atoms with E-state index in [2.05, 4.69) is 5.32 Å². The van der Waals surface area contributed by atoms with Crippen LogP contribution in [0.5, 0.6) is 0 Å². The summed E-state index contributed by atoms with van der Waals surface area (Å²) in [6.07, 6.45) is 0.132. The van der Waals surface area contributed by atoms with Gasteiger partial charge in [-0.15, -0.1) is 11.3 Å². The van der Waals surface area contributed by atoms with Gasteiger partial charge in [0.15, 0.2) is 9.84 Å². The van der Waals surface area contributed by atoms with Gasteiger partial charge < -0.3 is 10.1 Å². The molecule has 1 amide bonds. The number of rotatable bonds is 8. The monoisotopic (exact) mass is 413 g/mol. The Morgan fingerprint density at radius 2 is 1.89 bits per heavy atom. The van der Waals surface area contributed by atoms with Crippen molar-refractivity contribution >= 4 is 38.1 Å². The lowest BCUT2D eigenvalue weighted by molar-refractivity contribution is -0.116. The van der Waals surface area contributed by atoms with Crippen LogP contribution in [0.1, 0.15) is 35.0 Å². The highest BCUT2D eigenvalue weighted by Crippen LogP contribution is 2.27. The van der Waals surface area contributed by atoms with Crippen molar-refractivity contribution in [2.24, 2.45) is 0 Å². The second kappa shape index (κ2) is 9.09. The minimum atomic E-state index is -3.57. The molecule has 0 radical (unpaired) electrons. The van der Waals surface area contributed by atoms with E-state index in [0.29, 0.717) is 15.4 Å². The van der Waals surface area contributed by atoms with Crippen LogP contribution in [-0.4, -0.2) is 32.7 Å². The summed E-state index contributed by atoms with van der Waals surface area (Å²) >= 11 is 1.11. The second-order valence-corrected chi connectivity index (χ2v) is 8.93. The highest BCUT2D eigenvalue weighted by Gasteiger charge is 2.17. The van der Waals surface area contributed by atoms with Crippen LogP contribution in [0.25, 0.3) is 0 Å². The van der Waals surface area contributed by atoms with Gasteiger partial charge in [-0.3, -0.25) is 4.79 Å². The summed E-state index contributed by atoms with van der Waals surface area (Å²) in [7, 11) is -3.57. The first-order chi connectivity index (χ1) is 12.7. The van der Waals surface area contributed by atoms with Crippen LogP contribution in [0.15, 0.2) is 35.2 Å². The number of benzene rings is 1. The Hall–Kier alpha value is -2.26. The number of aryl methyl sites for hydroxylation is 1. The van der Waals surface area contributed by atoms with Crippen LogP contribution in [-0.2, 0) is 19.4 Å². The number of sulfone groups is 1. The molecule has 0 bridgehead atoms. The molecule has 2 aromatic rings. The van der Waals surface area contributed by atoms with Gasteiger partial charge >= 0.3 is 5.97 Å². The van der Waals surface area contributed by atoms with Crippen molar-refractivity contribution < 1.29 is 27.1 Å². The number of hydrogen-bond acceptors (Lipinski definition) is 6. The molecule has 1 N–H and O–H groups in total. The third-order valence-corrected chi connectivity index (χ3v) is 6.58. The third-order valence-electron chi connectivity index (χ3n) is 3.63. The summed E-state index contributed by atoms with van der Waals surface area (Å²) in [5.74, 6) is -1.52. The van der Waals surface area contributed by atoms with Gasteiger partial charge in [-0.05, 0) is 56.2 Å². The van der Waals surface area contributed by atoms with Crippen LogP contribution in [0.3, 0.4) is 0 Å². The number of hydrogen-bond donors (Lipinski definition) is 1. The molecular formula is C18H20FNO5S2. The first-order valence-corrected chi connectivity index (χ1v) is 10.8. The second-order valence-electron chi connectivity index (χ2n) is 5.77. The zero-order valence-corrected chi connectivity index (χ0v) is 16.6. The number of carbonyl (C=O) groups excluding carboxylic acids is 2. The van der Waals surface area contributed by atoms with Gasteiger partial charge in [0, 0.05) is 6.42 Å². The van der Waals surface area contributed by atoms with Gasteiger partial charge in [0.2, 0.25) is 5.91 Å². The lowest BCUT2D eigenvalue weighted by Crippen LogP contribution is -2.13. The van der Waals surface area contributed by atoms with Gasteiger partial charge in [-0.25, -0.2) is 17.6 Å². The van der Waals surface area contributed by atoms with Crippen molar-refractivity contribution in [3.63, 3.8) is 0 Å². The van der Waals surface area contributed by atoms with E-state index >= 15 is 0 Å². The molecule has 0 aliphatic carbocycles. The van der Waals surface area contributed by atoms with Gasteiger partial charge in [0.05, 0.1) is 22.3 Å². The Bertz CT molecular complexity index is 920. The number of thiophene rings is 1. The number of anilines is 1. The summed E-state index contributed by atoms with van der Waals surface area (Å²) in [6, 6.07) is 6.25. The summed E-state index contributed by atoms with van der Waals surface area (Å²) in [6.45, 7) is 3.72. The van der Waals surface area contributed by atoms with Gasteiger partial charge in [0.1, 0.15) is 10.7 Å². The van der Waals surface area contributed by atoms with Crippen LogP contribution in [0.2, 0.25) is 0 Å². The summed E-state index contributed by atoms with van der Waals surface area (Å²) in [5, 5.41) is 3.16. The number of amides is 1. The quantitative estimate of drug-likeness (QED) is 0.528. The van der Waals surface area contributed by atoms with Gasteiger partial charge in [-0.1, -0.05) is 0 Å². The minimum Gasteiger partial charge on any atom is -0.462 e. The molecule has 0 spiro atoms. The Morgan fingerprint density at radius 3 is 2.52 bits per heavy atom. The molecule has 27 heavy (non-hydrogen) atoms. The van der Waals surface area contributed by atoms with Crippen molar-refractivity contribution in [1.29, 1.82) is 0 Å². The lowest BCUT2D eigenvalue weighted by atomic mass is 10.3. The molecule has 0 saturated heterocycles. The first kappa shape index (κ1) is 21.0. The molecule has 2 rings (SSSR count). The molecule has 0 aliphatic rings. The Kier molecular flexibility index (Phi) is 7.09. The highest BCUT2D eigenvalue weighted by molar-refractivity contribution is 7.91. The largest absolute Gasteiger partial charge is 0.462 e. The molecule has 0 aliphatic heterocycles. The third kappa shape index (κ3) is 5.86. The molecular weight excluding hydrogens is 393 g/mol. The summed E-state index contributed by atoms with van der Waals surface area (Å²) in [4.78, 5) is 24.3. The van der Waals surface area contributed by atoms with Gasteiger partial charge in [0.25, 0.3) is 0 Å². The average molecular weight is 413 g/mol. The Balaban J connectivity index is 1.88. The van der Waals surface area contributed by atoms with Crippen LogP contribution >= 0.6 is 11.3 Å². The first-order valence-electron chi connectivity index (χ1n) is 8.28. The highest BCUT2D eigenvalue weighted by atomic mass is 32.2. The van der Waals surface area contributed by atoms with E-state index in [9.17, 15) is 22.4 Å². The molecule has 1 aromatic heterocycles. The number of esters is 1. The molecule has 0 unspecified atom stereocenters. The van der Waals surface area contributed by atoms with Crippen molar-refractivity contribution in [2.45, 2.75) is 31.6 Å². The van der Waals surface area contributed by atoms with Crippen LogP contribution < -0.4 is 5.32 Å². The number of ether oxygens (including phenoxy) is 1. The Labute approximate surface area is 161 Å². The zero-order chi connectivity index (χ0) is 20.0. The molecule has 6 nitrogen and oxygen atoms in total. The maximum Gasteiger partial charge on any atom is 0.348 e. The van der Waals surface area contributed by atoms with E-state index < -0.39 is 21.6 Å². The van der Waals surface area contributed by atoms with Crippen molar-refractivity contribution in [3.05, 3.63) is 46.6 Å². The number of carbonyl (C=O) groups is 2. The van der Waals surface area contributed by atoms with E-state index in [1.165, 1.54) is 12.1 Å². The SMILES string of the molecule is CCOC(=O)c1sc(NC(=O)CCCS(=O)(=O)c2ccc(F)cc2)cc1C. The molecule has 0 saturated carbocycles. The maximum atomic E-state index is 12.9. The van der Waals surface area contributed by atoms with E-state index in [-0.39, 0.29) is 36.0 Å². The average Bonchev–Trinajstić information content (AvgIpc) is 2.95. The zero-order valence-electron chi connectivity index (χ0n) is 15.0.